The van der Waals surface area contributed by atoms with Crippen LogP contribution in [0.15, 0.2) is 6.07 Å². The summed E-state index contributed by atoms with van der Waals surface area (Å²) < 4.78 is 0. The van der Waals surface area contributed by atoms with Gasteiger partial charge in [0.05, 0.1) is 22.5 Å². The average molecular weight is 290 g/mol. The molecule has 0 unspecified atom stereocenters. The smallest absolute Gasteiger partial charge is 0.253 e. The molecule has 1 fully saturated rings. The first kappa shape index (κ1) is 15.9. The largest absolute Gasteiger partial charge is 0.345 e. The van der Waals surface area contributed by atoms with E-state index in [-0.39, 0.29) is 11.4 Å². The summed E-state index contributed by atoms with van der Waals surface area (Å²) in [4.78, 5) is 12.7. The molecule has 3 N–H and O–H groups in total. The van der Waals surface area contributed by atoms with E-state index < -0.39 is 0 Å². The second-order valence-electron chi connectivity index (χ2n) is 6.32. The molecule has 0 spiro atoms. The summed E-state index contributed by atoms with van der Waals surface area (Å²) in [7, 11) is 0. The summed E-state index contributed by atoms with van der Waals surface area (Å²) in [5.41, 5.74) is 7.85. The van der Waals surface area contributed by atoms with Crippen molar-refractivity contribution in [3.63, 3.8) is 0 Å². The van der Waals surface area contributed by atoms with Gasteiger partial charge < -0.3 is 11.1 Å². The lowest BCUT2D eigenvalue weighted by molar-refractivity contribution is 0.0858. The van der Waals surface area contributed by atoms with Gasteiger partial charge in [0.25, 0.3) is 5.91 Å². The number of nitrogens with one attached hydrogen (secondary N) is 1. The Morgan fingerprint density at radius 3 is 2.67 bits per heavy atom. The minimum atomic E-state index is -0.258. The van der Waals surface area contributed by atoms with Gasteiger partial charge in [0.15, 0.2) is 0 Å². The van der Waals surface area contributed by atoms with Crippen LogP contribution in [0.2, 0.25) is 0 Å². The van der Waals surface area contributed by atoms with Crippen molar-refractivity contribution in [1.29, 1.82) is 0 Å². The molecule has 0 atom stereocenters. The predicted molar refractivity (Wildman–Crippen MR) is 83.0 cm³/mol. The molecule has 1 saturated carbocycles. The lowest BCUT2D eigenvalue weighted by Gasteiger charge is -2.39. The Morgan fingerprint density at radius 1 is 1.43 bits per heavy atom. The number of aryl methyl sites for hydroxylation is 2. The number of hydrogen-bond acceptors (Lipinski definition) is 4. The van der Waals surface area contributed by atoms with Crippen molar-refractivity contribution in [3.8, 4) is 0 Å². The molecule has 2 rings (SSSR count). The molecule has 0 aliphatic heterocycles. The standard InChI is InChI=1S/C16H26N4O/c1-4-14-13(9-12(3)19-20-14)15(21)18-16(10-17)7-5-11(2)6-8-16/h9,11H,4-8,10,17H2,1-3H3,(H,18,21). The van der Waals surface area contributed by atoms with Gasteiger partial charge in [-0.1, -0.05) is 13.8 Å². The number of nitrogens with two attached hydrogens (primary N) is 1. The molecule has 0 aromatic carbocycles. The summed E-state index contributed by atoms with van der Waals surface area (Å²) in [5, 5.41) is 11.4. The molecule has 5 nitrogen and oxygen atoms in total. The van der Waals surface area contributed by atoms with Crippen molar-refractivity contribution in [1.82, 2.24) is 15.5 Å². The molecule has 0 saturated heterocycles. The van der Waals surface area contributed by atoms with Crippen LogP contribution in [0.25, 0.3) is 0 Å². The van der Waals surface area contributed by atoms with Crippen LogP contribution >= 0.6 is 0 Å². The maximum absolute atomic E-state index is 12.7. The van der Waals surface area contributed by atoms with Crippen LogP contribution in [0.1, 0.15) is 61.3 Å². The van der Waals surface area contributed by atoms with Gasteiger partial charge in [0, 0.05) is 6.54 Å². The number of amides is 1. The Labute approximate surface area is 126 Å². The summed E-state index contributed by atoms with van der Waals surface area (Å²) in [6.07, 6.45) is 4.84. The zero-order valence-corrected chi connectivity index (χ0v) is 13.3. The van der Waals surface area contributed by atoms with Crippen LogP contribution in [0.3, 0.4) is 0 Å². The fourth-order valence-corrected chi connectivity index (χ4v) is 2.97. The van der Waals surface area contributed by atoms with Gasteiger partial charge in [-0.15, -0.1) is 0 Å². The second-order valence-corrected chi connectivity index (χ2v) is 6.32. The van der Waals surface area contributed by atoms with Gasteiger partial charge in [0.1, 0.15) is 0 Å². The number of aromatic nitrogens is 2. The lowest BCUT2D eigenvalue weighted by atomic mass is 9.77. The highest BCUT2D eigenvalue weighted by atomic mass is 16.1. The van der Waals surface area contributed by atoms with Crippen molar-refractivity contribution >= 4 is 5.91 Å². The number of rotatable bonds is 4. The monoisotopic (exact) mass is 290 g/mol. The summed E-state index contributed by atoms with van der Waals surface area (Å²) in [6, 6.07) is 1.82. The van der Waals surface area contributed by atoms with E-state index in [4.69, 9.17) is 5.73 Å². The van der Waals surface area contributed by atoms with Gasteiger partial charge >= 0.3 is 0 Å². The Bertz CT molecular complexity index is 507. The van der Waals surface area contributed by atoms with Crippen LogP contribution in [0.5, 0.6) is 0 Å². The molecule has 1 aromatic rings. The third-order valence-corrected chi connectivity index (χ3v) is 4.57. The van der Waals surface area contributed by atoms with Crippen molar-refractivity contribution in [2.45, 2.75) is 58.4 Å². The maximum atomic E-state index is 12.7. The summed E-state index contributed by atoms with van der Waals surface area (Å²) in [5.74, 6) is 0.655. The first-order valence-electron chi connectivity index (χ1n) is 7.85. The van der Waals surface area contributed by atoms with E-state index in [0.717, 1.165) is 43.0 Å². The molecule has 1 amide bonds. The fraction of sp³-hybridized carbons (Fsp3) is 0.688. The molecular weight excluding hydrogens is 264 g/mol. The van der Waals surface area contributed by atoms with Crippen LogP contribution in [-0.4, -0.2) is 28.2 Å². The van der Waals surface area contributed by atoms with Gasteiger partial charge in [-0.05, 0) is 51.0 Å². The van der Waals surface area contributed by atoms with Crippen LogP contribution in [0.4, 0.5) is 0 Å². The van der Waals surface area contributed by atoms with E-state index in [9.17, 15) is 4.79 Å². The molecule has 21 heavy (non-hydrogen) atoms. The normalized spacial score (nSPS) is 25.6. The van der Waals surface area contributed by atoms with E-state index in [1.54, 1.807) is 0 Å². The molecule has 5 heteroatoms. The third kappa shape index (κ3) is 3.59. The Morgan fingerprint density at radius 2 is 2.10 bits per heavy atom. The average Bonchev–Trinajstić information content (AvgIpc) is 2.49. The molecule has 1 aliphatic carbocycles. The summed E-state index contributed by atoms with van der Waals surface area (Å²) in [6.45, 7) is 6.58. The molecule has 1 aromatic heterocycles. The highest BCUT2D eigenvalue weighted by molar-refractivity contribution is 5.95. The number of carbonyl (C=O) groups is 1. The Balaban J connectivity index is 2.18. The lowest BCUT2D eigenvalue weighted by Crippen LogP contribution is -2.55. The van der Waals surface area contributed by atoms with Gasteiger partial charge in [0.2, 0.25) is 0 Å². The number of carbonyl (C=O) groups excluding carboxylic acids is 1. The van der Waals surface area contributed by atoms with Crippen molar-refractivity contribution < 1.29 is 4.79 Å². The third-order valence-electron chi connectivity index (χ3n) is 4.57. The molecule has 116 valence electrons. The first-order valence-corrected chi connectivity index (χ1v) is 7.85. The van der Waals surface area contributed by atoms with E-state index in [2.05, 4.69) is 22.4 Å². The number of nitrogens with zero attached hydrogens (tertiary/aromatic N) is 2. The molecule has 1 aliphatic rings. The zero-order valence-electron chi connectivity index (χ0n) is 13.3. The van der Waals surface area contributed by atoms with Crippen LogP contribution in [-0.2, 0) is 6.42 Å². The molecular formula is C16H26N4O. The summed E-state index contributed by atoms with van der Waals surface area (Å²) >= 11 is 0. The maximum Gasteiger partial charge on any atom is 0.253 e. The SMILES string of the molecule is CCc1nnc(C)cc1C(=O)NC1(CN)CCC(C)CC1. The molecule has 0 radical (unpaired) electrons. The minimum absolute atomic E-state index is 0.0650. The molecule has 0 bridgehead atoms. The number of hydrogen-bond donors (Lipinski definition) is 2. The van der Waals surface area contributed by atoms with E-state index >= 15 is 0 Å². The predicted octanol–water partition coefficient (Wildman–Crippen LogP) is 1.98. The highest BCUT2D eigenvalue weighted by Gasteiger charge is 2.35. The zero-order chi connectivity index (χ0) is 15.5. The van der Waals surface area contributed by atoms with Crippen LogP contribution < -0.4 is 11.1 Å². The van der Waals surface area contributed by atoms with Gasteiger partial charge in [-0.2, -0.15) is 10.2 Å². The topological polar surface area (TPSA) is 80.9 Å². The van der Waals surface area contributed by atoms with Crippen molar-refractivity contribution in [2.24, 2.45) is 11.7 Å². The van der Waals surface area contributed by atoms with Gasteiger partial charge in [-0.3, -0.25) is 4.79 Å². The van der Waals surface area contributed by atoms with E-state index in [1.165, 1.54) is 0 Å². The van der Waals surface area contributed by atoms with E-state index in [1.807, 2.05) is 19.9 Å². The minimum Gasteiger partial charge on any atom is -0.345 e. The highest BCUT2D eigenvalue weighted by Crippen LogP contribution is 2.31. The fourth-order valence-electron chi connectivity index (χ4n) is 2.97. The Hall–Kier alpha value is -1.49. The quantitative estimate of drug-likeness (QED) is 0.888. The van der Waals surface area contributed by atoms with Crippen molar-refractivity contribution in [3.05, 3.63) is 23.0 Å². The van der Waals surface area contributed by atoms with Crippen LogP contribution in [0, 0.1) is 12.8 Å². The first-order chi connectivity index (χ1) is 9.99. The second kappa shape index (κ2) is 6.52. The van der Waals surface area contributed by atoms with Crippen molar-refractivity contribution in [2.75, 3.05) is 6.54 Å². The van der Waals surface area contributed by atoms with Gasteiger partial charge in [-0.25, -0.2) is 0 Å². The Kier molecular flexibility index (Phi) is 4.93. The van der Waals surface area contributed by atoms with E-state index in [0.29, 0.717) is 18.5 Å². The molecule has 1 heterocycles.